The number of nitrogens with one attached hydrogen (secondary N) is 1. The summed E-state index contributed by atoms with van der Waals surface area (Å²) in [6.45, 7) is 4.51. The molecule has 0 saturated carbocycles. The molecule has 2 heterocycles. The van der Waals surface area contributed by atoms with E-state index in [0.717, 1.165) is 16.8 Å². The van der Waals surface area contributed by atoms with E-state index >= 15 is 0 Å². The number of urea groups is 1. The highest BCUT2D eigenvalue weighted by Crippen LogP contribution is 2.56. The Kier molecular flexibility index (Phi) is 4.75. The lowest BCUT2D eigenvalue weighted by atomic mass is 9.89. The number of ether oxygens (including phenoxy) is 1. The Bertz CT molecular complexity index is 704. The third kappa shape index (κ3) is 2.45. The fourth-order valence-corrected chi connectivity index (χ4v) is 4.54. The molecule has 10 nitrogen and oxygen atoms in total. The number of nitrogens with two attached hydrogens (primary N) is 1. The van der Waals surface area contributed by atoms with E-state index in [4.69, 9.17) is 10.5 Å². The highest BCUT2D eigenvalue weighted by atomic mass is 32.2. The number of aliphatic hydroxyl groups is 1. The first-order chi connectivity index (χ1) is 11.6. The summed E-state index contributed by atoms with van der Waals surface area (Å²) in [5.74, 6) is -1.32. The molecular weight excluding hydrogens is 350 g/mol. The van der Waals surface area contributed by atoms with Gasteiger partial charge >= 0.3 is 12.0 Å². The SMILES string of the molecule is CCOC(=O)C1=C(C)N(NC(N)=O)C(C)(O)C12SC(=NC)N(C)C2=O. The number of carbonyl (C=O) groups excluding carboxylic acids is 3. The molecule has 2 aliphatic rings. The van der Waals surface area contributed by atoms with Crippen molar-refractivity contribution in [2.24, 2.45) is 10.7 Å². The maximum Gasteiger partial charge on any atom is 0.338 e. The second-order valence-corrected chi connectivity index (χ2v) is 6.85. The van der Waals surface area contributed by atoms with Crippen molar-refractivity contribution in [1.29, 1.82) is 0 Å². The Hall–Kier alpha value is -2.27. The number of rotatable bonds is 3. The van der Waals surface area contributed by atoms with Crippen molar-refractivity contribution in [3.8, 4) is 0 Å². The average molecular weight is 371 g/mol. The van der Waals surface area contributed by atoms with Crippen LogP contribution in [0, 0.1) is 0 Å². The normalized spacial score (nSPS) is 30.6. The number of primary amides is 1. The van der Waals surface area contributed by atoms with Gasteiger partial charge in [0.1, 0.15) is 0 Å². The molecule has 0 radical (unpaired) electrons. The Morgan fingerprint density at radius 3 is 2.52 bits per heavy atom. The number of thioether (sulfide) groups is 1. The van der Waals surface area contributed by atoms with Gasteiger partial charge in [0.25, 0.3) is 5.91 Å². The van der Waals surface area contributed by atoms with Gasteiger partial charge in [-0.2, -0.15) is 0 Å². The Morgan fingerprint density at radius 1 is 1.48 bits per heavy atom. The summed E-state index contributed by atoms with van der Waals surface area (Å²) in [5.41, 5.74) is 5.54. The minimum absolute atomic E-state index is 0.0615. The summed E-state index contributed by atoms with van der Waals surface area (Å²) in [5, 5.41) is 12.5. The van der Waals surface area contributed by atoms with Gasteiger partial charge in [-0.05, 0) is 20.8 Å². The number of hydrogen-bond donors (Lipinski definition) is 3. The van der Waals surface area contributed by atoms with Gasteiger partial charge in [-0.3, -0.25) is 19.7 Å². The van der Waals surface area contributed by atoms with Crippen molar-refractivity contribution in [2.45, 2.75) is 31.2 Å². The first kappa shape index (κ1) is 19.1. The van der Waals surface area contributed by atoms with Gasteiger partial charge in [0.2, 0.25) is 0 Å². The summed E-state index contributed by atoms with van der Waals surface area (Å²) < 4.78 is 3.32. The van der Waals surface area contributed by atoms with Crippen LogP contribution in [-0.4, -0.2) is 69.3 Å². The largest absolute Gasteiger partial charge is 0.463 e. The van der Waals surface area contributed by atoms with Crippen LogP contribution in [-0.2, 0) is 14.3 Å². The highest BCUT2D eigenvalue weighted by molar-refractivity contribution is 8.16. The molecule has 1 spiro atoms. The maximum absolute atomic E-state index is 13.1. The molecule has 11 heteroatoms. The lowest BCUT2D eigenvalue weighted by molar-refractivity contribution is -0.149. The fourth-order valence-electron chi connectivity index (χ4n) is 3.11. The van der Waals surface area contributed by atoms with Crippen molar-refractivity contribution in [2.75, 3.05) is 20.7 Å². The second kappa shape index (κ2) is 6.23. The van der Waals surface area contributed by atoms with Gasteiger partial charge in [0, 0.05) is 19.8 Å². The van der Waals surface area contributed by atoms with E-state index in [0.29, 0.717) is 5.17 Å². The molecule has 1 fully saturated rings. The number of aliphatic imine (C=N–C) groups is 1. The smallest absolute Gasteiger partial charge is 0.338 e. The van der Waals surface area contributed by atoms with Crippen molar-refractivity contribution in [3.63, 3.8) is 0 Å². The number of carbonyl (C=O) groups is 3. The van der Waals surface area contributed by atoms with Crippen LogP contribution in [0.1, 0.15) is 20.8 Å². The molecule has 0 aromatic rings. The standard InChI is InChI=1S/C14H21N5O5S/c1-6-24-9(20)8-7(2)19(17-11(15)22)13(3,23)14(8)10(21)18(5)12(16-4)25-14/h23H,6H2,1-5H3,(H3,15,17,22). The van der Waals surface area contributed by atoms with E-state index in [1.54, 1.807) is 6.92 Å². The molecule has 2 rings (SSSR count). The number of hydrazine groups is 1. The van der Waals surface area contributed by atoms with Crippen molar-refractivity contribution in [3.05, 3.63) is 11.3 Å². The Morgan fingerprint density at radius 2 is 2.08 bits per heavy atom. The lowest BCUT2D eigenvalue weighted by Gasteiger charge is -2.40. The van der Waals surface area contributed by atoms with Crippen molar-refractivity contribution >= 4 is 34.8 Å². The van der Waals surface area contributed by atoms with E-state index in [1.807, 2.05) is 0 Å². The van der Waals surface area contributed by atoms with Crippen LogP contribution in [0.4, 0.5) is 4.79 Å². The Balaban J connectivity index is 2.73. The summed E-state index contributed by atoms with van der Waals surface area (Å²) >= 11 is 0.925. The van der Waals surface area contributed by atoms with Crippen molar-refractivity contribution < 1.29 is 24.2 Å². The van der Waals surface area contributed by atoms with Crippen LogP contribution >= 0.6 is 11.8 Å². The molecule has 0 bridgehead atoms. The first-order valence-electron chi connectivity index (χ1n) is 7.47. The van der Waals surface area contributed by atoms with Gasteiger partial charge in [0.15, 0.2) is 15.6 Å². The molecule has 0 aromatic heterocycles. The zero-order valence-electron chi connectivity index (χ0n) is 14.6. The lowest BCUT2D eigenvalue weighted by Crippen LogP contribution is -2.64. The van der Waals surface area contributed by atoms with Crippen LogP contribution in [0.3, 0.4) is 0 Å². The number of amides is 3. The minimum Gasteiger partial charge on any atom is -0.463 e. The molecule has 0 aliphatic carbocycles. The van der Waals surface area contributed by atoms with E-state index in [1.165, 1.54) is 32.8 Å². The monoisotopic (exact) mass is 371 g/mol. The average Bonchev–Trinajstić information content (AvgIpc) is 2.86. The Labute approximate surface area is 149 Å². The van der Waals surface area contributed by atoms with Gasteiger partial charge in [-0.1, -0.05) is 11.8 Å². The molecule has 2 atom stereocenters. The molecule has 138 valence electrons. The number of allylic oxidation sites excluding steroid dienone is 1. The quantitative estimate of drug-likeness (QED) is 0.561. The first-order valence-corrected chi connectivity index (χ1v) is 8.29. The number of hydrogen-bond acceptors (Lipinski definition) is 8. The predicted molar refractivity (Wildman–Crippen MR) is 91.0 cm³/mol. The third-order valence-corrected chi connectivity index (χ3v) is 5.89. The van der Waals surface area contributed by atoms with Gasteiger partial charge in [-0.25, -0.2) is 15.0 Å². The second-order valence-electron chi connectivity index (χ2n) is 5.67. The summed E-state index contributed by atoms with van der Waals surface area (Å²) in [4.78, 5) is 42.3. The molecule has 25 heavy (non-hydrogen) atoms. The van der Waals surface area contributed by atoms with E-state index in [2.05, 4.69) is 10.4 Å². The number of esters is 1. The molecule has 4 N–H and O–H groups in total. The third-order valence-electron chi connectivity index (χ3n) is 4.18. The minimum atomic E-state index is -1.99. The van der Waals surface area contributed by atoms with Crippen LogP contribution < -0.4 is 11.2 Å². The van der Waals surface area contributed by atoms with E-state index in [9.17, 15) is 19.5 Å². The van der Waals surface area contributed by atoms with Gasteiger partial charge < -0.3 is 15.6 Å². The molecule has 0 aromatic carbocycles. The molecule has 2 unspecified atom stereocenters. The van der Waals surface area contributed by atoms with Crippen molar-refractivity contribution in [1.82, 2.24) is 15.3 Å². The van der Waals surface area contributed by atoms with Gasteiger partial charge in [0.05, 0.1) is 12.2 Å². The van der Waals surface area contributed by atoms with Gasteiger partial charge in [-0.15, -0.1) is 0 Å². The van der Waals surface area contributed by atoms with E-state index < -0.39 is 28.4 Å². The number of amidine groups is 1. The predicted octanol–water partition coefficient (Wildman–Crippen LogP) is -0.639. The van der Waals surface area contributed by atoms with E-state index in [-0.39, 0.29) is 17.9 Å². The van der Waals surface area contributed by atoms with Crippen LogP contribution in [0.25, 0.3) is 0 Å². The number of nitrogens with zero attached hydrogens (tertiary/aromatic N) is 3. The van der Waals surface area contributed by atoms with Crippen LogP contribution in [0.5, 0.6) is 0 Å². The summed E-state index contributed by atoms with van der Waals surface area (Å²) in [7, 11) is 2.99. The van der Waals surface area contributed by atoms with Crippen LogP contribution in [0.2, 0.25) is 0 Å². The summed E-state index contributed by atoms with van der Waals surface area (Å²) in [6, 6.07) is -0.951. The molecule has 1 saturated heterocycles. The maximum atomic E-state index is 13.1. The molecule has 2 aliphatic heterocycles. The zero-order valence-corrected chi connectivity index (χ0v) is 15.4. The fraction of sp³-hybridized carbons (Fsp3) is 0.571. The topological polar surface area (TPSA) is 138 Å². The molecular formula is C14H21N5O5S. The zero-order chi connectivity index (χ0) is 19.2. The van der Waals surface area contributed by atoms with Crippen LogP contribution in [0.15, 0.2) is 16.3 Å². The molecule has 3 amide bonds. The highest BCUT2D eigenvalue weighted by Gasteiger charge is 2.71. The summed E-state index contributed by atoms with van der Waals surface area (Å²) in [6.07, 6.45) is 0.